The number of carbonyl (C=O) groups excluding carboxylic acids is 3. The predicted octanol–water partition coefficient (Wildman–Crippen LogP) is 3.83. The Labute approximate surface area is 175 Å². The quantitative estimate of drug-likeness (QED) is 0.298. The third-order valence-corrected chi connectivity index (χ3v) is 4.71. The van der Waals surface area contributed by atoms with Gasteiger partial charge in [-0.2, -0.15) is 0 Å². The lowest BCUT2D eigenvalue weighted by molar-refractivity contribution is -0.384. The standard InChI is InChI=1S/C22H15N3O6/c1-13-5-2-3-8-18(13)24-21(27)17(20(26)23-22(24)28)12-16-9-10-19(31-16)14-6-4-7-15(11-14)25(29)30/h2-12H,1H3,(H,23,26,28)/b17-12+. The first-order valence-electron chi connectivity index (χ1n) is 9.17. The molecule has 1 saturated heterocycles. The fourth-order valence-electron chi connectivity index (χ4n) is 3.19. The van der Waals surface area contributed by atoms with E-state index in [1.165, 1.54) is 30.3 Å². The summed E-state index contributed by atoms with van der Waals surface area (Å²) in [6.07, 6.45) is 1.23. The van der Waals surface area contributed by atoms with Gasteiger partial charge in [0.15, 0.2) is 0 Å². The number of hydrogen-bond acceptors (Lipinski definition) is 6. The molecule has 1 N–H and O–H groups in total. The fourth-order valence-corrected chi connectivity index (χ4v) is 3.19. The van der Waals surface area contributed by atoms with Gasteiger partial charge in [-0.05, 0) is 36.8 Å². The van der Waals surface area contributed by atoms with Crippen LogP contribution in [-0.2, 0) is 9.59 Å². The van der Waals surface area contributed by atoms with Crippen LogP contribution in [0.2, 0.25) is 0 Å². The first-order valence-corrected chi connectivity index (χ1v) is 9.17. The smallest absolute Gasteiger partial charge is 0.335 e. The van der Waals surface area contributed by atoms with Crippen LogP contribution in [0, 0.1) is 17.0 Å². The van der Waals surface area contributed by atoms with Gasteiger partial charge in [0.1, 0.15) is 17.1 Å². The molecular formula is C22H15N3O6. The number of urea groups is 1. The van der Waals surface area contributed by atoms with E-state index in [-0.39, 0.29) is 17.0 Å². The Kier molecular flexibility index (Phi) is 4.92. The number of amides is 4. The minimum Gasteiger partial charge on any atom is -0.457 e. The Morgan fingerprint density at radius 3 is 2.55 bits per heavy atom. The molecule has 31 heavy (non-hydrogen) atoms. The topological polar surface area (TPSA) is 123 Å². The molecule has 9 heteroatoms. The van der Waals surface area contributed by atoms with Crippen LogP contribution < -0.4 is 10.2 Å². The molecule has 0 unspecified atom stereocenters. The van der Waals surface area contributed by atoms with Gasteiger partial charge >= 0.3 is 6.03 Å². The van der Waals surface area contributed by atoms with Crippen LogP contribution in [0.4, 0.5) is 16.2 Å². The number of imide groups is 2. The zero-order valence-corrected chi connectivity index (χ0v) is 16.2. The zero-order valence-electron chi connectivity index (χ0n) is 16.2. The largest absolute Gasteiger partial charge is 0.457 e. The predicted molar refractivity (Wildman–Crippen MR) is 111 cm³/mol. The minimum atomic E-state index is -0.840. The average Bonchev–Trinajstić information content (AvgIpc) is 3.21. The molecule has 0 spiro atoms. The molecule has 0 atom stereocenters. The summed E-state index contributed by atoms with van der Waals surface area (Å²) in [6.45, 7) is 1.74. The van der Waals surface area contributed by atoms with E-state index < -0.39 is 22.8 Å². The van der Waals surface area contributed by atoms with Crippen LogP contribution in [-0.4, -0.2) is 22.8 Å². The lowest BCUT2D eigenvalue weighted by Crippen LogP contribution is -2.54. The van der Waals surface area contributed by atoms with Crippen molar-refractivity contribution in [2.24, 2.45) is 0 Å². The maximum Gasteiger partial charge on any atom is 0.335 e. The highest BCUT2D eigenvalue weighted by atomic mass is 16.6. The second-order valence-electron chi connectivity index (χ2n) is 6.75. The number of para-hydroxylation sites is 1. The molecule has 154 valence electrons. The molecule has 4 rings (SSSR count). The second kappa shape index (κ2) is 7.71. The molecule has 1 aliphatic rings. The van der Waals surface area contributed by atoms with Gasteiger partial charge in [0, 0.05) is 17.7 Å². The number of aryl methyl sites for hydroxylation is 1. The lowest BCUT2D eigenvalue weighted by atomic mass is 10.1. The molecule has 2 heterocycles. The third kappa shape index (κ3) is 3.71. The number of benzene rings is 2. The van der Waals surface area contributed by atoms with E-state index >= 15 is 0 Å². The number of hydrogen-bond donors (Lipinski definition) is 1. The van der Waals surface area contributed by atoms with Gasteiger partial charge in [0.05, 0.1) is 10.6 Å². The summed E-state index contributed by atoms with van der Waals surface area (Å²) in [6, 6.07) is 14.9. The number of non-ortho nitro benzene ring substituents is 1. The molecule has 3 aromatic rings. The Morgan fingerprint density at radius 1 is 1.03 bits per heavy atom. The van der Waals surface area contributed by atoms with Crippen molar-refractivity contribution in [1.82, 2.24) is 5.32 Å². The van der Waals surface area contributed by atoms with Gasteiger partial charge < -0.3 is 4.42 Å². The van der Waals surface area contributed by atoms with Gasteiger partial charge in [-0.3, -0.25) is 25.0 Å². The summed E-state index contributed by atoms with van der Waals surface area (Å²) in [5.74, 6) is -1.12. The molecule has 0 aliphatic carbocycles. The van der Waals surface area contributed by atoms with Crippen molar-refractivity contribution in [3.8, 4) is 11.3 Å². The van der Waals surface area contributed by atoms with Crippen molar-refractivity contribution in [2.75, 3.05) is 4.90 Å². The molecule has 4 amide bonds. The number of nitro benzene ring substituents is 1. The van der Waals surface area contributed by atoms with Crippen LogP contribution in [0.3, 0.4) is 0 Å². The van der Waals surface area contributed by atoms with Crippen molar-refractivity contribution >= 4 is 35.3 Å². The molecule has 1 aliphatic heterocycles. The van der Waals surface area contributed by atoms with Crippen LogP contribution in [0.25, 0.3) is 17.4 Å². The zero-order chi connectivity index (χ0) is 22.1. The van der Waals surface area contributed by atoms with Crippen molar-refractivity contribution in [3.05, 3.63) is 87.7 Å². The highest BCUT2D eigenvalue weighted by Gasteiger charge is 2.37. The monoisotopic (exact) mass is 417 g/mol. The fraction of sp³-hybridized carbons (Fsp3) is 0.0455. The summed E-state index contributed by atoms with van der Waals surface area (Å²) in [4.78, 5) is 48.9. The van der Waals surface area contributed by atoms with Crippen molar-refractivity contribution < 1.29 is 23.7 Å². The summed E-state index contributed by atoms with van der Waals surface area (Å²) >= 11 is 0. The Morgan fingerprint density at radius 2 is 1.81 bits per heavy atom. The number of nitrogens with one attached hydrogen (secondary N) is 1. The first-order chi connectivity index (χ1) is 14.8. The molecule has 0 saturated carbocycles. The summed E-state index contributed by atoms with van der Waals surface area (Å²) < 4.78 is 5.66. The maximum absolute atomic E-state index is 13.0. The maximum atomic E-state index is 13.0. The molecule has 1 aromatic heterocycles. The van der Waals surface area contributed by atoms with Crippen LogP contribution in [0.1, 0.15) is 11.3 Å². The number of carbonyl (C=O) groups is 3. The van der Waals surface area contributed by atoms with Crippen LogP contribution in [0.15, 0.2) is 70.7 Å². The Hall–Kier alpha value is -4.53. The number of rotatable bonds is 4. The van der Waals surface area contributed by atoms with Crippen LogP contribution >= 0.6 is 0 Å². The third-order valence-electron chi connectivity index (χ3n) is 4.71. The van der Waals surface area contributed by atoms with Gasteiger partial charge in [-0.25, -0.2) is 9.69 Å². The molecule has 1 fully saturated rings. The molecule has 9 nitrogen and oxygen atoms in total. The number of nitrogens with zero attached hydrogens (tertiary/aromatic N) is 2. The summed E-state index contributed by atoms with van der Waals surface area (Å²) in [5.41, 5.74) is 1.14. The van der Waals surface area contributed by atoms with Crippen LogP contribution in [0.5, 0.6) is 0 Å². The molecule has 0 radical (unpaired) electrons. The highest BCUT2D eigenvalue weighted by molar-refractivity contribution is 6.39. The number of nitro groups is 1. The van der Waals surface area contributed by atoms with E-state index in [4.69, 9.17) is 4.42 Å². The average molecular weight is 417 g/mol. The summed E-state index contributed by atoms with van der Waals surface area (Å²) in [7, 11) is 0. The van der Waals surface area contributed by atoms with Crippen molar-refractivity contribution in [2.45, 2.75) is 6.92 Å². The molecular weight excluding hydrogens is 402 g/mol. The minimum absolute atomic E-state index is 0.0944. The number of anilines is 1. The number of barbiturate groups is 1. The van der Waals surface area contributed by atoms with E-state index in [9.17, 15) is 24.5 Å². The number of furan rings is 1. The van der Waals surface area contributed by atoms with Crippen molar-refractivity contribution in [3.63, 3.8) is 0 Å². The second-order valence-corrected chi connectivity index (χ2v) is 6.75. The Bertz CT molecular complexity index is 1270. The van der Waals surface area contributed by atoms with E-state index in [2.05, 4.69) is 5.32 Å². The Balaban J connectivity index is 1.68. The SMILES string of the molecule is Cc1ccccc1N1C(=O)NC(=O)/C(=C\c2ccc(-c3cccc([N+](=O)[O-])c3)o2)C1=O. The molecule has 2 aromatic carbocycles. The van der Waals surface area contributed by atoms with E-state index in [0.717, 1.165) is 4.90 Å². The van der Waals surface area contributed by atoms with E-state index in [1.807, 2.05) is 0 Å². The van der Waals surface area contributed by atoms with Gasteiger partial charge in [-0.1, -0.05) is 30.3 Å². The highest BCUT2D eigenvalue weighted by Crippen LogP contribution is 2.28. The van der Waals surface area contributed by atoms with Gasteiger partial charge in [0.25, 0.3) is 17.5 Å². The first kappa shape index (κ1) is 19.8. The normalized spacial score (nSPS) is 15.3. The lowest BCUT2D eigenvalue weighted by Gasteiger charge is -2.27. The van der Waals surface area contributed by atoms with E-state index in [0.29, 0.717) is 22.6 Å². The van der Waals surface area contributed by atoms with E-state index in [1.54, 1.807) is 43.3 Å². The van der Waals surface area contributed by atoms with Gasteiger partial charge in [-0.15, -0.1) is 0 Å². The molecule has 0 bridgehead atoms. The van der Waals surface area contributed by atoms with Crippen molar-refractivity contribution in [1.29, 1.82) is 0 Å². The summed E-state index contributed by atoms with van der Waals surface area (Å²) in [5, 5.41) is 13.1. The van der Waals surface area contributed by atoms with Gasteiger partial charge in [0.2, 0.25) is 0 Å².